The zero-order valence-electron chi connectivity index (χ0n) is 19.4. The maximum absolute atomic E-state index is 13.2. The maximum atomic E-state index is 13.2. The lowest BCUT2D eigenvalue weighted by Crippen LogP contribution is -2.36. The SMILES string of the molecule is C=CN(C(=O)C(c1csc2ccc(Cl)cc12)P(=O)(O)O)c1cc(Cl)cc(Cl)c1.C[N+](C)(C)CCO. The lowest BCUT2D eigenvalue weighted by molar-refractivity contribution is -0.870. The van der Waals surface area contributed by atoms with Crippen LogP contribution in [0.2, 0.25) is 15.1 Å². The van der Waals surface area contributed by atoms with E-state index in [1.165, 1.54) is 29.5 Å². The number of benzene rings is 2. The number of amides is 1. The first kappa shape index (κ1) is 29.8. The summed E-state index contributed by atoms with van der Waals surface area (Å²) in [6, 6.07) is 9.36. The van der Waals surface area contributed by atoms with Crippen molar-refractivity contribution in [3.05, 3.63) is 75.2 Å². The number of carbonyl (C=O) groups excluding carboxylic acids is 1. The number of quaternary nitrogens is 1. The average molecular weight is 581 g/mol. The molecule has 1 atom stereocenters. The average Bonchev–Trinajstić information content (AvgIpc) is 3.09. The van der Waals surface area contributed by atoms with Gasteiger partial charge in [-0.05, 0) is 52.7 Å². The molecule has 2 aromatic carbocycles. The molecule has 0 spiro atoms. The summed E-state index contributed by atoms with van der Waals surface area (Å²) in [6.45, 7) is 4.70. The van der Waals surface area contributed by atoms with Gasteiger partial charge in [0.15, 0.2) is 5.66 Å². The highest BCUT2D eigenvalue weighted by Crippen LogP contribution is 2.55. The van der Waals surface area contributed by atoms with Crippen LogP contribution in [0.5, 0.6) is 0 Å². The monoisotopic (exact) mass is 579 g/mol. The van der Waals surface area contributed by atoms with E-state index in [1.807, 2.05) is 0 Å². The predicted molar refractivity (Wildman–Crippen MR) is 146 cm³/mol. The first-order valence-electron chi connectivity index (χ1n) is 10.2. The zero-order valence-corrected chi connectivity index (χ0v) is 23.3. The normalized spacial score (nSPS) is 12.6. The van der Waals surface area contributed by atoms with Gasteiger partial charge in [0.05, 0.1) is 33.4 Å². The molecule has 35 heavy (non-hydrogen) atoms. The Hall–Kier alpha value is -1.45. The Labute approximate surface area is 223 Å². The molecule has 0 aliphatic rings. The van der Waals surface area contributed by atoms with Gasteiger partial charge in [0, 0.05) is 26.0 Å². The van der Waals surface area contributed by atoms with Gasteiger partial charge in [0.1, 0.15) is 6.54 Å². The van der Waals surface area contributed by atoms with Crippen LogP contribution in [0.1, 0.15) is 11.2 Å². The van der Waals surface area contributed by atoms with E-state index < -0.39 is 19.2 Å². The lowest BCUT2D eigenvalue weighted by Gasteiger charge is -2.25. The van der Waals surface area contributed by atoms with Gasteiger partial charge in [-0.15, -0.1) is 11.3 Å². The first-order chi connectivity index (χ1) is 16.2. The number of nitrogens with zero attached hydrogens (tertiary/aromatic N) is 2. The maximum Gasteiger partial charge on any atom is 0.342 e. The smallest absolute Gasteiger partial charge is 0.342 e. The van der Waals surface area contributed by atoms with Crippen LogP contribution in [-0.4, -0.2) is 59.6 Å². The molecule has 7 nitrogen and oxygen atoms in total. The second-order valence-corrected chi connectivity index (χ2v) is 12.5. The molecule has 3 N–H and O–H groups in total. The summed E-state index contributed by atoms with van der Waals surface area (Å²) in [6.07, 6.45) is 1.16. The number of aliphatic hydroxyl groups excluding tert-OH is 1. The molecule has 0 fully saturated rings. The van der Waals surface area contributed by atoms with E-state index in [1.54, 1.807) is 23.6 Å². The van der Waals surface area contributed by atoms with Crippen LogP contribution in [-0.2, 0) is 9.36 Å². The lowest BCUT2D eigenvalue weighted by atomic mass is 10.1. The van der Waals surface area contributed by atoms with Crippen molar-refractivity contribution in [2.75, 3.05) is 39.2 Å². The fourth-order valence-electron chi connectivity index (χ4n) is 3.12. The fourth-order valence-corrected chi connectivity index (χ4v) is 5.87. The van der Waals surface area contributed by atoms with Gasteiger partial charge in [-0.2, -0.15) is 0 Å². The highest BCUT2D eigenvalue weighted by Gasteiger charge is 2.41. The Morgan fingerprint density at radius 1 is 1.11 bits per heavy atom. The van der Waals surface area contributed by atoms with Gasteiger partial charge >= 0.3 is 7.60 Å². The summed E-state index contributed by atoms with van der Waals surface area (Å²) in [7, 11) is 1.26. The molecule has 0 aliphatic heterocycles. The zero-order chi connectivity index (χ0) is 26.6. The van der Waals surface area contributed by atoms with Crippen LogP contribution < -0.4 is 4.90 Å². The van der Waals surface area contributed by atoms with Crippen LogP contribution in [0.25, 0.3) is 10.1 Å². The van der Waals surface area contributed by atoms with E-state index in [4.69, 9.17) is 39.9 Å². The molecule has 1 unspecified atom stereocenters. The minimum atomic E-state index is -4.89. The molecule has 1 heterocycles. The number of hydrogen-bond donors (Lipinski definition) is 3. The van der Waals surface area contributed by atoms with E-state index in [-0.39, 0.29) is 27.9 Å². The topological polar surface area (TPSA) is 98.1 Å². The number of likely N-dealkylation sites (N-methyl/N-ethyl adjacent to an activating group) is 1. The molecule has 3 rings (SSSR count). The van der Waals surface area contributed by atoms with E-state index in [9.17, 15) is 19.1 Å². The van der Waals surface area contributed by atoms with Crippen molar-refractivity contribution in [2.24, 2.45) is 0 Å². The Balaban J connectivity index is 0.000000540. The van der Waals surface area contributed by atoms with Gasteiger partial charge in [-0.3, -0.25) is 14.3 Å². The highest BCUT2D eigenvalue weighted by molar-refractivity contribution is 7.53. The molecular formula is C23H27Cl3N2O5PS+. The highest BCUT2D eigenvalue weighted by atomic mass is 35.5. The molecule has 0 saturated heterocycles. The van der Waals surface area contributed by atoms with Crippen molar-refractivity contribution < 1.29 is 28.7 Å². The van der Waals surface area contributed by atoms with Crippen molar-refractivity contribution in [2.45, 2.75) is 5.66 Å². The summed E-state index contributed by atoms with van der Waals surface area (Å²) in [5.74, 6) is -0.860. The number of aliphatic hydroxyl groups is 1. The van der Waals surface area contributed by atoms with Crippen molar-refractivity contribution in [3.8, 4) is 0 Å². The number of thiophene rings is 1. The fraction of sp³-hybridized carbons (Fsp3) is 0.261. The Bertz CT molecular complexity index is 1240. The number of carbonyl (C=O) groups is 1. The minimum absolute atomic E-state index is 0.195. The first-order valence-corrected chi connectivity index (χ1v) is 13.9. The molecule has 0 saturated carbocycles. The Morgan fingerprint density at radius 2 is 1.71 bits per heavy atom. The second-order valence-electron chi connectivity index (χ2n) is 8.58. The van der Waals surface area contributed by atoms with Gasteiger partial charge in [0.2, 0.25) is 0 Å². The third-order valence-electron chi connectivity index (χ3n) is 4.75. The van der Waals surface area contributed by atoms with Crippen LogP contribution in [0.15, 0.2) is 54.6 Å². The molecule has 190 valence electrons. The van der Waals surface area contributed by atoms with Crippen molar-refractivity contribution >= 4 is 75.4 Å². The van der Waals surface area contributed by atoms with Crippen LogP contribution in [0.3, 0.4) is 0 Å². The third kappa shape index (κ3) is 8.29. The quantitative estimate of drug-likeness (QED) is 0.237. The number of halogens is 3. The molecule has 0 radical (unpaired) electrons. The molecular weight excluding hydrogens is 554 g/mol. The van der Waals surface area contributed by atoms with Crippen LogP contribution in [0, 0.1) is 0 Å². The second kappa shape index (κ2) is 12.2. The molecule has 1 amide bonds. The summed E-state index contributed by atoms with van der Waals surface area (Å²) < 4.78 is 13.9. The van der Waals surface area contributed by atoms with E-state index in [2.05, 4.69) is 27.7 Å². The molecule has 0 bridgehead atoms. The third-order valence-corrected chi connectivity index (χ3v) is 7.57. The molecule has 1 aromatic heterocycles. The van der Waals surface area contributed by atoms with Crippen LogP contribution in [0.4, 0.5) is 5.69 Å². The summed E-state index contributed by atoms with van der Waals surface area (Å²) in [4.78, 5) is 34.2. The number of rotatable bonds is 7. The largest absolute Gasteiger partial charge is 0.391 e. The summed E-state index contributed by atoms with van der Waals surface area (Å²) in [5.41, 5.74) is -1.30. The van der Waals surface area contributed by atoms with Gasteiger partial charge in [0.25, 0.3) is 5.91 Å². The van der Waals surface area contributed by atoms with Gasteiger partial charge in [-0.25, -0.2) is 0 Å². The Morgan fingerprint density at radius 3 is 2.17 bits per heavy atom. The van der Waals surface area contributed by atoms with E-state index >= 15 is 0 Å². The summed E-state index contributed by atoms with van der Waals surface area (Å²) >= 11 is 19.3. The number of fused-ring (bicyclic) bond motifs is 1. The van der Waals surface area contributed by atoms with Crippen molar-refractivity contribution in [1.29, 1.82) is 0 Å². The van der Waals surface area contributed by atoms with Gasteiger partial charge in [-0.1, -0.05) is 41.4 Å². The molecule has 3 aromatic rings. The van der Waals surface area contributed by atoms with Crippen LogP contribution >= 0.6 is 53.7 Å². The number of hydrogen-bond acceptors (Lipinski definition) is 4. The molecule has 12 heteroatoms. The number of anilines is 1. The van der Waals surface area contributed by atoms with Crippen molar-refractivity contribution in [1.82, 2.24) is 0 Å². The van der Waals surface area contributed by atoms with Crippen molar-refractivity contribution in [3.63, 3.8) is 0 Å². The van der Waals surface area contributed by atoms with E-state index in [0.29, 0.717) is 10.4 Å². The Kier molecular flexibility index (Phi) is 10.4. The van der Waals surface area contributed by atoms with E-state index in [0.717, 1.165) is 26.8 Å². The molecule has 0 aliphatic carbocycles. The summed E-state index contributed by atoms with van der Waals surface area (Å²) in [5, 5.41) is 11.4. The van der Waals surface area contributed by atoms with Gasteiger partial charge < -0.3 is 19.4 Å². The standard InChI is InChI=1S/C18H13Cl3NO4PS.C5H14NO/c1-2-22(13-6-11(20)5-12(21)7-13)18(23)17(27(24,25)26)15-9-28-16-4-3-10(19)8-14(15)16;1-6(2,3)4-5-7/h2-9,17H,1H2,(H2,24,25,26);7H,4-5H2,1-3H3/q;+1. The minimum Gasteiger partial charge on any atom is -0.391 e. The predicted octanol–water partition coefficient (Wildman–Crippen LogP) is 5.94.